The molecule has 0 amide bonds. The molecule has 0 bridgehead atoms. The zero-order chi connectivity index (χ0) is 13.1. The third-order valence-electron chi connectivity index (χ3n) is 2.71. The van der Waals surface area contributed by atoms with E-state index >= 15 is 0 Å². The van der Waals surface area contributed by atoms with E-state index in [4.69, 9.17) is 0 Å². The van der Waals surface area contributed by atoms with Crippen LogP contribution in [0, 0.1) is 20.8 Å². The highest BCUT2D eigenvalue weighted by molar-refractivity contribution is 5.64. The molecule has 0 saturated carbocycles. The molecule has 0 radical (unpaired) electrons. The molecule has 0 aliphatic carbocycles. The molecule has 0 aliphatic rings. The van der Waals surface area contributed by atoms with Gasteiger partial charge < -0.3 is 0 Å². The fourth-order valence-corrected chi connectivity index (χ4v) is 1.97. The molecule has 1 aromatic heterocycles. The second-order valence-corrected chi connectivity index (χ2v) is 4.33. The lowest BCUT2D eigenvalue weighted by Gasteiger charge is -2.07. The maximum absolute atomic E-state index is 4.40. The first-order valence-corrected chi connectivity index (χ1v) is 6.03. The monoisotopic (exact) mass is 239 g/mol. The maximum Gasteiger partial charge on any atom is 0.163 e. The van der Waals surface area contributed by atoms with Gasteiger partial charge in [-0.3, -0.25) is 0 Å². The van der Waals surface area contributed by atoms with Crippen molar-refractivity contribution in [1.29, 1.82) is 0 Å². The Morgan fingerprint density at radius 3 is 2.17 bits per heavy atom. The Kier molecular flexibility index (Phi) is 3.51. The quantitative estimate of drug-likeness (QED) is 0.805. The van der Waals surface area contributed by atoms with Crippen molar-refractivity contribution in [3.63, 3.8) is 0 Å². The summed E-state index contributed by atoms with van der Waals surface area (Å²) >= 11 is 0. The summed E-state index contributed by atoms with van der Waals surface area (Å²) in [7, 11) is 0. The van der Waals surface area contributed by atoms with E-state index in [1.807, 2.05) is 26.8 Å². The number of allylic oxidation sites excluding steroid dienone is 1. The minimum Gasteiger partial charge on any atom is -0.219 e. The molecule has 92 valence electrons. The topological polar surface area (TPSA) is 38.7 Å². The van der Waals surface area contributed by atoms with Gasteiger partial charge in [-0.05, 0) is 38.8 Å². The number of benzene rings is 1. The van der Waals surface area contributed by atoms with E-state index in [-0.39, 0.29) is 0 Å². The average Bonchev–Trinajstić information content (AvgIpc) is 2.28. The highest BCUT2D eigenvalue weighted by Crippen LogP contribution is 2.21. The van der Waals surface area contributed by atoms with E-state index in [1.54, 1.807) is 0 Å². The molecule has 3 nitrogen and oxygen atoms in total. The van der Waals surface area contributed by atoms with Crippen molar-refractivity contribution in [1.82, 2.24) is 15.0 Å². The molecule has 0 atom stereocenters. The highest BCUT2D eigenvalue weighted by atomic mass is 15.0. The third-order valence-corrected chi connectivity index (χ3v) is 2.71. The van der Waals surface area contributed by atoms with Crippen molar-refractivity contribution in [3.8, 4) is 11.4 Å². The van der Waals surface area contributed by atoms with Gasteiger partial charge >= 0.3 is 0 Å². The fourth-order valence-electron chi connectivity index (χ4n) is 1.97. The fraction of sp³-hybridized carbons (Fsp3) is 0.267. The number of hydrogen-bond acceptors (Lipinski definition) is 3. The third kappa shape index (κ3) is 2.62. The van der Waals surface area contributed by atoms with Crippen molar-refractivity contribution in [3.05, 3.63) is 47.1 Å². The van der Waals surface area contributed by atoms with Crippen LogP contribution in [0.5, 0.6) is 0 Å². The molecular formula is C15H17N3. The number of aromatic nitrogens is 3. The average molecular weight is 239 g/mol. The summed E-state index contributed by atoms with van der Waals surface area (Å²) in [5.74, 6) is 2.27. The van der Waals surface area contributed by atoms with Crippen LogP contribution in [-0.2, 0) is 0 Å². The van der Waals surface area contributed by atoms with Crippen LogP contribution < -0.4 is 0 Å². The van der Waals surface area contributed by atoms with Crippen LogP contribution in [0.2, 0.25) is 0 Å². The van der Waals surface area contributed by atoms with Gasteiger partial charge in [-0.25, -0.2) is 15.0 Å². The van der Waals surface area contributed by atoms with Gasteiger partial charge in [0.15, 0.2) is 5.82 Å². The van der Waals surface area contributed by atoms with E-state index in [2.05, 4.69) is 46.2 Å². The van der Waals surface area contributed by atoms with Gasteiger partial charge in [0.05, 0.1) is 0 Å². The van der Waals surface area contributed by atoms with Gasteiger partial charge in [0.1, 0.15) is 11.6 Å². The Balaban J connectivity index is 2.50. The summed E-state index contributed by atoms with van der Waals surface area (Å²) in [6, 6.07) is 6.29. The van der Waals surface area contributed by atoms with Crippen LogP contribution in [0.1, 0.15) is 29.7 Å². The smallest absolute Gasteiger partial charge is 0.163 e. The van der Waals surface area contributed by atoms with Crippen molar-refractivity contribution in [2.45, 2.75) is 27.7 Å². The number of aryl methyl sites for hydroxylation is 3. The Morgan fingerprint density at radius 2 is 1.61 bits per heavy atom. The summed E-state index contributed by atoms with van der Waals surface area (Å²) in [6.07, 6.45) is 4.12. The molecule has 18 heavy (non-hydrogen) atoms. The second-order valence-electron chi connectivity index (χ2n) is 4.33. The molecule has 3 heteroatoms. The van der Waals surface area contributed by atoms with Gasteiger partial charge in [-0.1, -0.05) is 30.4 Å². The highest BCUT2D eigenvalue weighted by Gasteiger charge is 2.07. The van der Waals surface area contributed by atoms with Crippen molar-refractivity contribution in [2.75, 3.05) is 0 Å². The zero-order valence-corrected chi connectivity index (χ0v) is 11.2. The van der Waals surface area contributed by atoms with E-state index in [0.717, 1.165) is 23.0 Å². The molecule has 0 unspecified atom stereocenters. The molecule has 1 heterocycles. The molecular weight excluding hydrogens is 222 g/mol. The van der Waals surface area contributed by atoms with E-state index < -0.39 is 0 Å². The van der Waals surface area contributed by atoms with E-state index in [1.165, 1.54) is 11.1 Å². The summed E-state index contributed by atoms with van der Waals surface area (Å²) < 4.78 is 0. The molecule has 0 spiro atoms. The predicted molar refractivity (Wildman–Crippen MR) is 74.2 cm³/mol. The van der Waals surface area contributed by atoms with Crippen LogP contribution in [0.3, 0.4) is 0 Å². The standard InChI is InChI=1S/C15H17N3/c1-5-6-13-7-8-14(10(2)9-13)15-17-11(3)16-12(4)18-15/h5-9H,1-4H3. The van der Waals surface area contributed by atoms with Gasteiger partial charge in [-0.15, -0.1) is 0 Å². The Morgan fingerprint density at radius 1 is 0.944 bits per heavy atom. The lowest BCUT2D eigenvalue weighted by molar-refractivity contribution is 0.927. The molecule has 0 aliphatic heterocycles. The first kappa shape index (κ1) is 12.4. The van der Waals surface area contributed by atoms with Crippen molar-refractivity contribution in [2.24, 2.45) is 0 Å². The first-order chi connectivity index (χ1) is 8.60. The normalized spacial score (nSPS) is 11.1. The van der Waals surface area contributed by atoms with Gasteiger partial charge in [-0.2, -0.15) is 0 Å². The summed E-state index contributed by atoms with van der Waals surface area (Å²) in [5.41, 5.74) is 3.44. The second kappa shape index (κ2) is 5.08. The van der Waals surface area contributed by atoms with Crippen LogP contribution in [-0.4, -0.2) is 15.0 Å². The molecule has 0 N–H and O–H groups in total. The van der Waals surface area contributed by atoms with Gasteiger partial charge in [0, 0.05) is 5.56 Å². The van der Waals surface area contributed by atoms with E-state index in [0.29, 0.717) is 0 Å². The number of rotatable bonds is 2. The molecule has 0 saturated heterocycles. The summed E-state index contributed by atoms with van der Waals surface area (Å²) in [6.45, 7) is 7.88. The molecule has 2 rings (SSSR count). The summed E-state index contributed by atoms with van der Waals surface area (Å²) in [4.78, 5) is 13.0. The number of hydrogen-bond donors (Lipinski definition) is 0. The van der Waals surface area contributed by atoms with Crippen molar-refractivity contribution >= 4 is 6.08 Å². The Bertz CT molecular complexity index is 580. The minimum atomic E-state index is 0.754. The maximum atomic E-state index is 4.40. The molecule has 1 aromatic carbocycles. The largest absolute Gasteiger partial charge is 0.219 e. The van der Waals surface area contributed by atoms with Crippen LogP contribution >= 0.6 is 0 Å². The molecule has 2 aromatic rings. The Hall–Kier alpha value is -2.03. The van der Waals surface area contributed by atoms with Crippen LogP contribution in [0.25, 0.3) is 17.5 Å². The zero-order valence-electron chi connectivity index (χ0n) is 11.2. The number of nitrogens with zero attached hydrogens (tertiary/aromatic N) is 3. The summed E-state index contributed by atoms with van der Waals surface area (Å²) in [5, 5.41) is 0. The van der Waals surface area contributed by atoms with Crippen LogP contribution in [0.15, 0.2) is 24.3 Å². The lowest BCUT2D eigenvalue weighted by Crippen LogP contribution is -2.00. The Labute approximate surface area is 108 Å². The van der Waals surface area contributed by atoms with Gasteiger partial charge in [0.2, 0.25) is 0 Å². The molecule has 0 fully saturated rings. The minimum absolute atomic E-state index is 0.754. The lowest BCUT2D eigenvalue weighted by atomic mass is 10.0. The van der Waals surface area contributed by atoms with Crippen molar-refractivity contribution < 1.29 is 0 Å². The first-order valence-electron chi connectivity index (χ1n) is 6.03. The van der Waals surface area contributed by atoms with Gasteiger partial charge in [0.25, 0.3) is 0 Å². The SMILES string of the molecule is CC=Cc1ccc(-c2nc(C)nc(C)n2)c(C)c1. The predicted octanol–water partition coefficient (Wildman–Crippen LogP) is 3.50. The van der Waals surface area contributed by atoms with Crippen LogP contribution in [0.4, 0.5) is 0 Å². The van der Waals surface area contributed by atoms with E-state index in [9.17, 15) is 0 Å².